The van der Waals surface area contributed by atoms with Gasteiger partial charge in [0.1, 0.15) is 11.9 Å². The van der Waals surface area contributed by atoms with Crippen molar-refractivity contribution in [3.8, 4) is 23.0 Å². The molecule has 29 heavy (non-hydrogen) atoms. The van der Waals surface area contributed by atoms with Crippen LogP contribution in [0, 0.1) is 5.82 Å². The van der Waals surface area contributed by atoms with Crippen molar-refractivity contribution in [3.05, 3.63) is 65.6 Å². The number of hydrogen-bond donors (Lipinski definition) is 0. The molecule has 1 aliphatic rings. The second-order valence-corrected chi connectivity index (χ2v) is 7.45. The molecule has 2 aromatic carbocycles. The minimum atomic E-state index is -0.274. The fourth-order valence-electron chi connectivity index (χ4n) is 3.23. The van der Waals surface area contributed by atoms with Gasteiger partial charge in [0.15, 0.2) is 5.69 Å². The number of rotatable bonds is 4. The zero-order valence-electron chi connectivity index (χ0n) is 15.4. The lowest BCUT2D eigenvalue weighted by molar-refractivity contribution is -0.00120. The molecule has 0 spiro atoms. The standard InChI is InChI=1S/C20H16FN5O2S/c1-29-15-8-4-13(5-9-15)19-22-20(28-24-19)18-16-11-27-17(10-26(16)25-23-18)12-2-6-14(21)7-3-12/h2-9,17H,10-11H2,1H3/t17-/m1/s1. The van der Waals surface area contributed by atoms with Gasteiger partial charge < -0.3 is 9.26 Å². The van der Waals surface area contributed by atoms with Crippen molar-refractivity contribution in [2.24, 2.45) is 0 Å². The Balaban J connectivity index is 1.39. The highest BCUT2D eigenvalue weighted by molar-refractivity contribution is 7.98. The van der Waals surface area contributed by atoms with E-state index in [2.05, 4.69) is 20.5 Å². The lowest BCUT2D eigenvalue weighted by Gasteiger charge is -2.24. The fraction of sp³-hybridized carbons (Fsp3) is 0.200. The Hall–Kier alpha value is -3.04. The molecule has 1 aliphatic heterocycles. The number of hydrogen-bond acceptors (Lipinski definition) is 7. The van der Waals surface area contributed by atoms with Crippen molar-refractivity contribution < 1.29 is 13.7 Å². The van der Waals surface area contributed by atoms with Crippen LogP contribution in [0.15, 0.2) is 57.9 Å². The van der Waals surface area contributed by atoms with Gasteiger partial charge in [-0.1, -0.05) is 22.5 Å². The van der Waals surface area contributed by atoms with Gasteiger partial charge in [0.25, 0.3) is 5.89 Å². The zero-order chi connectivity index (χ0) is 19.8. The first kappa shape index (κ1) is 18.0. The molecule has 7 nitrogen and oxygen atoms in total. The van der Waals surface area contributed by atoms with E-state index in [1.165, 1.54) is 12.1 Å². The summed E-state index contributed by atoms with van der Waals surface area (Å²) in [5, 5.41) is 12.5. The molecule has 0 amide bonds. The van der Waals surface area contributed by atoms with Gasteiger partial charge in [-0.3, -0.25) is 0 Å². The Kier molecular flexibility index (Phi) is 4.61. The van der Waals surface area contributed by atoms with Crippen LogP contribution in [0.25, 0.3) is 23.0 Å². The molecule has 0 fully saturated rings. The highest BCUT2D eigenvalue weighted by atomic mass is 32.2. The summed E-state index contributed by atoms with van der Waals surface area (Å²) >= 11 is 1.67. The van der Waals surface area contributed by atoms with Crippen molar-refractivity contribution in [2.45, 2.75) is 24.2 Å². The van der Waals surface area contributed by atoms with Crippen molar-refractivity contribution in [1.29, 1.82) is 0 Å². The summed E-state index contributed by atoms with van der Waals surface area (Å²) in [5.41, 5.74) is 3.05. The van der Waals surface area contributed by atoms with Crippen molar-refractivity contribution in [2.75, 3.05) is 6.26 Å². The Morgan fingerprint density at radius 3 is 2.66 bits per heavy atom. The van der Waals surface area contributed by atoms with Gasteiger partial charge in [0.2, 0.25) is 5.82 Å². The minimum Gasteiger partial charge on any atom is -0.365 e. The Bertz CT molecular complexity index is 1140. The smallest absolute Gasteiger partial charge is 0.280 e. The molecule has 4 aromatic rings. The molecular formula is C20H16FN5O2S. The highest BCUT2D eigenvalue weighted by Gasteiger charge is 2.28. The number of fused-ring (bicyclic) bond motifs is 1. The summed E-state index contributed by atoms with van der Waals surface area (Å²) in [4.78, 5) is 5.64. The van der Waals surface area contributed by atoms with E-state index in [9.17, 15) is 4.39 Å². The van der Waals surface area contributed by atoms with E-state index in [1.54, 1.807) is 28.6 Å². The molecule has 3 heterocycles. The van der Waals surface area contributed by atoms with Crippen LogP contribution in [0.4, 0.5) is 4.39 Å². The first-order valence-electron chi connectivity index (χ1n) is 8.99. The first-order chi connectivity index (χ1) is 14.2. The second kappa shape index (κ2) is 7.41. The summed E-state index contributed by atoms with van der Waals surface area (Å²) < 4.78 is 26.3. The maximum atomic E-state index is 13.2. The highest BCUT2D eigenvalue weighted by Crippen LogP contribution is 2.31. The van der Waals surface area contributed by atoms with E-state index in [-0.39, 0.29) is 11.9 Å². The number of aromatic nitrogens is 5. The molecular weight excluding hydrogens is 393 g/mol. The van der Waals surface area contributed by atoms with Crippen molar-refractivity contribution in [3.63, 3.8) is 0 Å². The van der Waals surface area contributed by atoms with E-state index >= 15 is 0 Å². The van der Waals surface area contributed by atoms with E-state index in [4.69, 9.17) is 9.26 Å². The summed E-state index contributed by atoms with van der Waals surface area (Å²) in [6.07, 6.45) is 1.81. The van der Waals surface area contributed by atoms with Gasteiger partial charge in [0.05, 0.1) is 18.8 Å². The van der Waals surface area contributed by atoms with Crippen LogP contribution >= 0.6 is 11.8 Å². The van der Waals surface area contributed by atoms with E-state index in [0.717, 1.165) is 21.7 Å². The Morgan fingerprint density at radius 2 is 1.90 bits per heavy atom. The number of benzene rings is 2. The van der Waals surface area contributed by atoms with Crippen LogP contribution in [-0.2, 0) is 17.9 Å². The van der Waals surface area contributed by atoms with Crippen LogP contribution in [0.2, 0.25) is 0 Å². The quantitative estimate of drug-likeness (QED) is 0.469. The zero-order valence-corrected chi connectivity index (χ0v) is 16.3. The molecule has 0 saturated carbocycles. The average Bonchev–Trinajstić information content (AvgIpc) is 3.41. The third kappa shape index (κ3) is 3.43. The third-order valence-electron chi connectivity index (χ3n) is 4.82. The van der Waals surface area contributed by atoms with Crippen molar-refractivity contribution >= 4 is 11.8 Å². The predicted octanol–water partition coefficient (Wildman–Crippen LogP) is 4.13. The second-order valence-electron chi connectivity index (χ2n) is 6.57. The van der Waals surface area contributed by atoms with Gasteiger partial charge in [0, 0.05) is 10.5 Å². The maximum absolute atomic E-state index is 13.2. The van der Waals surface area contributed by atoms with Gasteiger partial charge in [-0.15, -0.1) is 16.9 Å². The van der Waals surface area contributed by atoms with Crippen LogP contribution in [0.1, 0.15) is 17.4 Å². The van der Waals surface area contributed by atoms with Gasteiger partial charge >= 0.3 is 0 Å². The molecule has 146 valence electrons. The molecule has 5 rings (SSSR count). The lowest BCUT2D eigenvalue weighted by atomic mass is 10.1. The van der Waals surface area contributed by atoms with Gasteiger partial charge in [-0.2, -0.15) is 4.98 Å². The number of halogens is 1. The Morgan fingerprint density at radius 1 is 1.10 bits per heavy atom. The summed E-state index contributed by atoms with van der Waals surface area (Å²) in [5.74, 6) is 0.526. The van der Waals surface area contributed by atoms with Gasteiger partial charge in [-0.05, 0) is 48.2 Å². The largest absolute Gasteiger partial charge is 0.365 e. The minimum absolute atomic E-state index is 0.217. The molecule has 0 N–H and O–H groups in total. The molecule has 2 aromatic heterocycles. The SMILES string of the molecule is CSc1ccc(-c2noc(-c3nnn4c3CO[C@@H](c3ccc(F)cc3)C4)n2)cc1. The monoisotopic (exact) mass is 409 g/mol. The summed E-state index contributed by atoms with van der Waals surface area (Å²) in [6.45, 7) is 0.773. The number of ether oxygens (including phenoxy) is 1. The number of thioether (sulfide) groups is 1. The molecule has 0 saturated heterocycles. The van der Waals surface area contributed by atoms with E-state index < -0.39 is 0 Å². The van der Waals surface area contributed by atoms with Gasteiger partial charge in [-0.25, -0.2) is 9.07 Å². The molecule has 0 aliphatic carbocycles. The van der Waals surface area contributed by atoms with E-state index in [0.29, 0.717) is 30.6 Å². The topological polar surface area (TPSA) is 78.9 Å². The maximum Gasteiger partial charge on any atom is 0.280 e. The molecule has 0 bridgehead atoms. The third-order valence-corrected chi connectivity index (χ3v) is 5.56. The summed E-state index contributed by atoms with van der Waals surface area (Å²) in [7, 11) is 0. The lowest BCUT2D eigenvalue weighted by Crippen LogP contribution is -2.22. The molecule has 1 atom stereocenters. The number of nitrogens with zero attached hydrogens (tertiary/aromatic N) is 5. The first-order valence-corrected chi connectivity index (χ1v) is 10.2. The molecule has 0 unspecified atom stereocenters. The van der Waals surface area contributed by atoms with Crippen LogP contribution in [0.3, 0.4) is 0 Å². The predicted molar refractivity (Wildman–Crippen MR) is 104 cm³/mol. The van der Waals surface area contributed by atoms with Crippen LogP contribution in [-0.4, -0.2) is 31.4 Å². The average molecular weight is 409 g/mol. The van der Waals surface area contributed by atoms with E-state index in [1.807, 2.05) is 30.5 Å². The fourth-order valence-corrected chi connectivity index (χ4v) is 3.64. The van der Waals surface area contributed by atoms with Crippen molar-refractivity contribution in [1.82, 2.24) is 25.1 Å². The summed E-state index contributed by atoms with van der Waals surface area (Å²) in [6, 6.07) is 14.2. The van der Waals surface area contributed by atoms with Crippen LogP contribution < -0.4 is 0 Å². The molecule has 9 heteroatoms. The molecule has 0 radical (unpaired) electrons. The normalized spacial score (nSPS) is 16.0. The van der Waals surface area contributed by atoms with Crippen LogP contribution in [0.5, 0.6) is 0 Å². The Labute approximate surface area is 169 Å².